The lowest BCUT2D eigenvalue weighted by molar-refractivity contribution is 0.354. The molecule has 0 bridgehead atoms. The SMILES string of the molecule is COc1ccc(CCNCc2cn(Cc3ccccc3F)c3ccccc23)cc1OC. The Kier molecular flexibility index (Phi) is 6.53. The van der Waals surface area contributed by atoms with Gasteiger partial charge in [-0.1, -0.05) is 42.5 Å². The molecule has 0 spiro atoms. The van der Waals surface area contributed by atoms with Crippen LogP contribution < -0.4 is 14.8 Å². The quantitative estimate of drug-likeness (QED) is 0.381. The predicted octanol–water partition coefficient (Wildman–Crippen LogP) is 5.18. The maximum Gasteiger partial charge on any atom is 0.160 e. The normalized spacial score (nSPS) is 11.1. The number of nitrogens with one attached hydrogen (secondary N) is 1. The van der Waals surface area contributed by atoms with E-state index in [0.717, 1.165) is 36.5 Å². The largest absolute Gasteiger partial charge is 0.493 e. The number of hydrogen-bond acceptors (Lipinski definition) is 3. The van der Waals surface area contributed by atoms with E-state index in [0.29, 0.717) is 12.1 Å². The van der Waals surface area contributed by atoms with Gasteiger partial charge in [0.1, 0.15) is 5.82 Å². The number of rotatable bonds is 9. The van der Waals surface area contributed by atoms with Crippen molar-refractivity contribution in [3.63, 3.8) is 0 Å². The van der Waals surface area contributed by atoms with Crippen LogP contribution in [-0.4, -0.2) is 25.3 Å². The van der Waals surface area contributed by atoms with Gasteiger partial charge in [-0.15, -0.1) is 0 Å². The Morgan fingerprint density at radius 1 is 0.871 bits per heavy atom. The summed E-state index contributed by atoms with van der Waals surface area (Å²) in [5.41, 5.74) is 4.20. The molecule has 0 saturated carbocycles. The average Bonchev–Trinajstić information content (AvgIpc) is 3.15. The highest BCUT2D eigenvalue weighted by molar-refractivity contribution is 5.84. The molecule has 0 unspecified atom stereocenters. The lowest BCUT2D eigenvalue weighted by Gasteiger charge is -2.10. The van der Waals surface area contributed by atoms with Crippen LogP contribution in [0.2, 0.25) is 0 Å². The van der Waals surface area contributed by atoms with E-state index in [1.54, 1.807) is 20.3 Å². The number of fused-ring (bicyclic) bond motifs is 1. The monoisotopic (exact) mass is 418 g/mol. The molecule has 4 rings (SSSR count). The lowest BCUT2D eigenvalue weighted by Crippen LogP contribution is -2.16. The zero-order chi connectivity index (χ0) is 21.6. The summed E-state index contributed by atoms with van der Waals surface area (Å²) in [6, 6.07) is 21.2. The third-order valence-electron chi connectivity index (χ3n) is 5.52. The molecule has 4 aromatic rings. The summed E-state index contributed by atoms with van der Waals surface area (Å²) in [7, 11) is 3.29. The molecule has 0 radical (unpaired) electrons. The predicted molar refractivity (Wildman–Crippen MR) is 122 cm³/mol. The fourth-order valence-electron chi connectivity index (χ4n) is 3.90. The minimum absolute atomic E-state index is 0.171. The molecule has 4 nitrogen and oxygen atoms in total. The molecule has 160 valence electrons. The molecule has 5 heteroatoms. The molecule has 0 aliphatic heterocycles. The summed E-state index contributed by atoms with van der Waals surface area (Å²) in [5.74, 6) is 1.31. The summed E-state index contributed by atoms with van der Waals surface area (Å²) in [4.78, 5) is 0. The molecule has 0 saturated heterocycles. The lowest BCUT2D eigenvalue weighted by atomic mass is 10.1. The van der Waals surface area contributed by atoms with Crippen LogP contribution in [0, 0.1) is 5.82 Å². The fraction of sp³-hybridized carbons (Fsp3) is 0.231. The first-order chi connectivity index (χ1) is 15.2. The second-order valence-electron chi connectivity index (χ2n) is 7.51. The van der Waals surface area contributed by atoms with Crippen molar-refractivity contribution in [3.05, 3.63) is 95.4 Å². The summed E-state index contributed by atoms with van der Waals surface area (Å²) in [5, 5.41) is 4.73. The van der Waals surface area contributed by atoms with E-state index in [-0.39, 0.29) is 5.82 Å². The summed E-state index contributed by atoms with van der Waals surface area (Å²) in [6.07, 6.45) is 3.01. The molecule has 1 N–H and O–H groups in total. The maximum absolute atomic E-state index is 14.2. The second-order valence-corrected chi connectivity index (χ2v) is 7.51. The molecule has 3 aromatic carbocycles. The fourth-order valence-corrected chi connectivity index (χ4v) is 3.90. The van der Waals surface area contributed by atoms with Gasteiger partial charge in [-0.05, 0) is 48.4 Å². The first kappa shape index (κ1) is 20.9. The standard InChI is InChI=1S/C26H27FN2O2/c1-30-25-12-11-19(15-26(25)31-2)13-14-28-16-21-18-29(24-10-6-4-8-22(21)24)17-20-7-3-5-9-23(20)27/h3-12,15,18,28H,13-14,16-17H2,1-2H3. The summed E-state index contributed by atoms with van der Waals surface area (Å²) in [6.45, 7) is 2.10. The third kappa shape index (κ3) is 4.72. The highest BCUT2D eigenvalue weighted by Gasteiger charge is 2.10. The average molecular weight is 419 g/mol. The number of benzene rings is 3. The molecular weight excluding hydrogens is 391 g/mol. The van der Waals surface area contributed by atoms with Crippen molar-refractivity contribution in [1.29, 1.82) is 0 Å². The molecule has 0 aliphatic carbocycles. The maximum atomic E-state index is 14.2. The van der Waals surface area contributed by atoms with Gasteiger partial charge in [0.25, 0.3) is 0 Å². The van der Waals surface area contributed by atoms with Crippen molar-refractivity contribution in [1.82, 2.24) is 9.88 Å². The number of ether oxygens (including phenoxy) is 2. The number of hydrogen-bond donors (Lipinski definition) is 1. The molecule has 1 aromatic heterocycles. The highest BCUT2D eigenvalue weighted by atomic mass is 19.1. The third-order valence-corrected chi connectivity index (χ3v) is 5.52. The van der Waals surface area contributed by atoms with E-state index in [1.165, 1.54) is 22.6 Å². The summed E-state index contributed by atoms with van der Waals surface area (Å²) >= 11 is 0. The topological polar surface area (TPSA) is 35.4 Å². The van der Waals surface area contributed by atoms with Gasteiger partial charge in [0.05, 0.1) is 20.8 Å². The number of methoxy groups -OCH3 is 2. The van der Waals surface area contributed by atoms with E-state index in [2.05, 4.69) is 34.3 Å². The first-order valence-electron chi connectivity index (χ1n) is 10.4. The Balaban J connectivity index is 1.44. The van der Waals surface area contributed by atoms with Crippen molar-refractivity contribution < 1.29 is 13.9 Å². The van der Waals surface area contributed by atoms with Crippen LogP contribution >= 0.6 is 0 Å². The molecule has 0 fully saturated rings. The van der Waals surface area contributed by atoms with Gasteiger partial charge in [-0.25, -0.2) is 4.39 Å². The molecule has 1 heterocycles. The zero-order valence-electron chi connectivity index (χ0n) is 17.9. The molecule has 0 aliphatic rings. The van der Waals surface area contributed by atoms with Gasteiger partial charge < -0.3 is 19.4 Å². The van der Waals surface area contributed by atoms with Crippen LogP contribution in [0.25, 0.3) is 10.9 Å². The van der Waals surface area contributed by atoms with E-state index in [4.69, 9.17) is 9.47 Å². The van der Waals surface area contributed by atoms with Gasteiger partial charge in [-0.2, -0.15) is 0 Å². The molecule has 0 amide bonds. The van der Waals surface area contributed by atoms with E-state index in [1.807, 2.05) is 36.4 Å². The molecule has 0 atom stereocenters. The number of halogens is 1. The van der Waals surface area contributed by atoms with Crippen LogP contribution in [-0.2, 0) is 19.5 Å². The van der Waals surface area contributed by atoms with Crippen LogP contribution in [0.3, 0.4) is 0 Å². The smallest absolute Gasteiger partial charge is 0.160 e. The van der Waals surface area contributed by atoms with E-state index < -0.39 is 0 Å². The second kappa shape index (κ2) is 9.67. The van der Waals surface area contributed by atoms with Crippen LogP contribution in [0.1, 0.15) is 16.7 Å². The van der Waals surface area contributed by atoms with Gasteiger partial charge in [0, 0.05) is 29.2 Å². The van der Waals surface area contributed by atoms with Gasteiger partial charge in [0.15, 0.2) is 11.5 Å². The molecule has 31 heavy (non-hydrogen) atoms. The molecular formula is C26H27FN2O2. The Hall–Kier alpha value is -3.31. The Morgan fingerprint density at radius 2 is 1.65 bits per heavy atom. The van der Waals surface area contributed by atoms with Crippen LogP contribution in [0.4, 0.5) is 4.39 Å². The van der Waals surface area contributed by atoms with Crippen LogP contribution in [0.5, 0.6) is 11.5 Å². The number of nitrogens with zero attached hydrogens (tertiary/aromatic N) is 1. The minimum atomic E-state index is -0.171. The van der Waals surface area contributed by atoms with Gasteiger partial charge in [0.2, 0.25) is 0 Å². The van der Waals surface area contributed by atoms with E-state index >= 15 is 0 Å². The highest BCUT2D eigenvalue weighted by Crippen LogP contribution is 2.27. The van der Waals surface area contributed by atoms with Crippen molar-refractivity contribution in [2.75, 3.05) is 20.8 Å². The van der Waals surface area contributed by atoms with Gasteiger partial charge in [-0.3, -0.25) is 0 Å². The summed E-state index contributed by atoms with van der Waals surface area (Å²) < 4.78 is 27.0. The van der Waals surface area contributed by atoms with Crippen molar-refractivity contribution in [2.45, 2.75) is 19.5 Å². The van der Waals surface area contributed by atoms with Gasteiger partial charge >= 0.3 is 0 Å². The Labute approximate surface area is 182 Å². The number of aromatic nitrogens is 1. The Morgan fingerprint density at radius 3 is 2.45 bits per heavy atom. The van der Waals surface area contributed by atoms with Crippen molar-refractivity contribution in [2.24, 2.45) is 0 Å². The zero-order valence-corrected chi connectivity index (χ0v) is 17.9. The first-order valence-corrected chi connectivity index (χ1v) is 10.4. The van der Waals surface area contributed by atoms with Crippen LogP contribution in [0.15, 0.2) is 72.9 Å². The van der Waals surface area contributed by atoms with Crippen molar-refractivity contribution in [3.8, 4) is 11.5 Å². The van der Waals surface area contributed by atoms with E-state index in [9.17, 15) is 4.39 Å². The number of para-hydroxylation sites is 1. The Bertz CT molecular complexity index is 1170. The van der Waals surface area contributed by atoms with Crippen molar-refractivity contribution >= 4 is 10.9 Å². The minimum Gasteiger partial charge on any atom is -0.493 e.